The maximum atomic E-state index is 9.92. The first-order valence-electron chi connectivity index (χ1n) is 5.73. The van der Waals surface area contributed by atoms with E-state index in [1.807, 2.05) is 0 Å². The summed E-state index contributed by atoms with van der Waals surface area (Å²) in [5.74, 6) is -0.813. The van der Waals surface area contributed by atoms with Gasteiger partial charge in [-0.3, -0.25) is 0 Å². The highest BCUT2D eigenvalue weighted by Crippen LogP contribution is 2.42. The van der Waals surface area contributed by atoms with Crippen LogP contribution in [0, 0.1) is 0 Å². The van der Waals surface area contributed by atoms with Crippen molar-refractivity contribution in [1.29, 1.82) is 0 Å². The second-order valence-electron chi connectivity index (χ2n) is 4.44. The molecule has 1 spiro atoms. The maximum absolute atomic E-state index is 9.92. The molecule has 1 aliphatic heterocycles. The minimum atomic E-state index is -0.813. The lowest BCUT2D eigenvalue weighted by atomic mass is 10.2. The Morgan fingerprint density at radius 3 is 2.12 bits per heavy atom. The predicted octanol–water partition coefficient (Wildman–Crippen LogP) is 0.304. The summed E-state index contributed by atoms with van der Waals surface area (Å²) in [6.45, 7) is 0.922. The van der Waals surface area contributed by atoms with E-state index in [4.69, 9.17) is 18.9 Å². The van der Waals surface area contributed by atoms with Gasteiger partial charge in [0.05, 0.1) is 13.2 Å². The molecule has 4 atom stereocenters. The van der Waals surface area contributed by atoms with Crippen molar-refractivity contribution in [2.24, 2.45) is 0 Å². The van der Waals surface area contributed by atoms with Crippen molar-refractivity contribution in [3.8, 4) is 0 Å². The van der Waals surface area contributed by atoms with Crippen LogP contribution in [0.5, 0.6) is 0 Å². The zero-order valence-electron chi connectivity index (χ0n) is 9.85. The summed E-state index contributed by atoms with van der Waals surface area (Å²) in [7, 11) is 3.26. The molecule has 2 unspecified atom stereocenters. The van der Waals surface area contributed by atoms with Crippen molar-refractivity contribution >= 4 is 0 Å². The Morgan fingerprint density at radius 1 is 1.19 bits per heavy atom. The van der Waals surface area contributed by atoms with Crippen LogP contribution in [0.3, 0.4) is 0 Å². The minimum Gasteiger partial charge on any atom is -0.388 e. The van der Waals surface area contributed by atoms with E-state index in [1.54, 1.807) is 14.2 Å². The number of methoxy groups -OCH3 is 2. The van der Waals surface area contributed by atoms with Crippen LogP contribution in [0.4, 0.5) is 0 Å². The normalized spacial score (nSPS) is 43.3. The topological polar surface area (TPSA) is 57.2 Å². The van der Waals surface area contributed by atoms with Crippen LogP contribution in [-0.2, 0) is 18.9 Å². The van der Waals surface area contributed by atoms with E-state index in [0.29, 0.717) is 13.2 Å². The van der Waals surface area contributed by atoms with Gasteiger partial charge < -0.3 is 24.1 Å². The second-order valence-corrected chi connectivity index (χ2v) is 4.44. The second kappa shape index (κ2) is 4.98. The molecule has 0 aromatic heterocycles. The van der Waals surface area contributed by atoms with Gasteiger partial charge in [-0.15, -0.1) is 0 Å². The van der Waals surface area contributed by atoms with Gasteiger partial charge in [-0.1, -0.05) is 0 Å². The van der Waals surface area contributed by atoms with Gasteiger partial charge in [0.1, 0.15) is 18.3 Å². The smallest absolute Gasteiger partial charge is 0.195 e. The summed E-state index contributed by atoms with van der Waals surface area (Å²) in [5.41, 5.74) is 0. The summed E-state index contributed by atoms with van der Waals surface area (Å²) >= 11 is 0. The number of hydrogen-bond acceptors (Lipinski definition) is 5. The average Bonchev–Trinajstić information content (AvgIpc) is 2.76. The molecule has 0 bridgehead atoms. The Morgan fingerprint density at radius 2 is 1.75 bits per heavy atom. The Kier molecular flexibility index (Phi) is 3.81. The third-order valence-corrected chi connectivity index (χ3v) is 3.29. The molecule has 16 heavy (non-hydrogen) atoms. The Hall–Kier alpha value is -0.200. The fourth-order valence-electron chi connectivity index (χ4n) is 2.51. The third-order valence-electron chi connectivity index (χ3n) is 3.29. The van der Waals surface area contributed by atoms with Gasteiger partial charge in [0.25, 0.3) is 0 Å². The largest absolute Gasteiger partial charge is 0.388 e. The van der Waals surface area contributed by atoms with Gasteiger partial charge in [0.15, 0.2) is 5.79 Å². The Labute approximate surface area is 95.6 Å². The third kappa shape index (κ3) is 2.10. The molecule has 5 heteroatoms. The SMILES string of the molecule is COCC1OC2(CCC[C@@H]2O)O[C@H]1COC. The predicted molar refractivity (Wildman–Crippen MR) is 56.1 cm³/mol. The van der Waals surface area contributed by atoms with Gasteiger partial charge in [-0.05, 0) is 12.8 Å². The number of rotatable bonds is 4. The standard InChI is InChI=1S/C11H20O5/c1-13-6-8-9(7-14-2)16-11(15-8)5-3-4-10(11)12/h8-10,12H,3-7H2,1-2H3/t8-,9?,10-,11?/m0/s1. The Bertz CT molecular complexity index is 218. The molecule has 0 aromatic carbocycles. The molecule has 1 heterocycles. The molecule has 0 radical (unpaired) electrons. The van der Waals surface area contributed by atoms with Crippen molar-refractivity contribution < 1.29 is 24.1 Å². The van der Waals surface area contributed by atoms with Crippen molar-refractivity contribution in [3.05, 3.63) is 0 Å². The van der Waals surface area contributed by atoms with Crippen LogP contribution in [0.2, 0.25) is 0 Å². The van der Waals surface area contributed by atoms with Crippen molar-refractivity contribution in [2.75, 3.05) is 27.4 Å². The molecule has 0 aromatic rings. The van der Waals surface area contributed by atoms with Crippen molar-refractivity contribution in [2.45, 2.75) is 43.4 Å². The molecule has 2 fully saturated rings. The minimum absolute atomic E-state index is 0.155. The quantitative estimate of drug-likeness (QED) is 0.755. The van der Waals surface area contributed by atoms with Gasteiger partial charge in [-0.25, -0.2) is 0 Å². The molecule has 5 nitrogen and oxygen atoms in total. The molecule has 2 rings (SSSR count). The van der Waals surface area contributed by atoms with Crippen LogP contribution >= 0.6 is 0 Å². The fourth-order valence-corrected chi connectivity index (χ4v) is 2.51. The molecule has 1 saturated heterocycles. The zero-order chi connectivity index (χ0) is 11.6. The van der Waals surface area contributed by atoms with E-state index in [2.05, 4.69) is 0 Å². The van der Waals surface area contributed by atoms with Crippen LogP contribution < -0.4 is 0 Å². The van der Waals surface area contributed by atoms with E-state index in [1.165, 1.54) is 0 Å². The highest BCUT2D eigenvalue weighted by atomic mass is 16.8. The number of ether oxygens (including phenoxy) is 4. The molecular weight excluding hydrogens is 212 g/mol. The fraction of sp³-hybridized carbons (Fsp3) is 1.00. The van der Waals surface area contributed by atoms with Crippen molar-refractivity contribution in [1.82, 2.24) is 0 Å². The van der Waals surface area contributed by atoms with E-state index >= 15 is 0 Å². The summed E-state index contributed by atoms with van der Waals surface area (Å²) in [5, 5.41) is 9.92. The number of aliphatic hydroxyl groups excluding tert-OH is 1. The van der Waals surface area contributed by atoms with Gasteiger partial charge in [-0.2, -0.15) is 0 Å². The first kappa shape index (κ1) is 12.3. The molecule has 94 valence electrons. The summed E-state index contributed by atoms with van der Waals surface area (Å²) in [6.07, 6.45) is 1.57. The number of aliphatic hydroxyl groups is 1. The highest BCUT2D eigenvalue weighted by Gasteiger charge is 2.54. The summed E-state index contributed by atoms with van der Waals surface area (Å²) in [6, 6.07) is 0. The van der Waals surface area contributed by atoms with Crippen LogP contribution in [0.25, 0.3) is 0 Å². The maximum Gasteiger partial charge on any atom is 0.195 e. The average molecular weight is 232 g/mol. The summed E-state index contributed by atoms with van der Waals surface area (Å²) in [4.78, 5) is 0. The van der Waals surface area contributed by atoms with E-state index < -0.39 is 11.9 Å². The molecule has 1 N–H and O–H groups in total. The van der Waals surface area contributed by atoms with Gasteiger partial charge in [0.2, 0.25) is 0 Å². The van der Waals surface area contributed by atoms with E-state index in [-0.39, 0.29) is 12.2 Å². The summed E-state index contributed by atoms with van der Waals surface area (Å²) < 4.78 is 21.9. The monoisotopic (exact) mass is 232 g/mol. The van der Waals surface area contributed by atoms with E-state index in [0.717, 1.165) is 19.3 Å². The van der Waals surface area contributed by atoms with Crippen LogP contribution in [0.15, 0.2) is 0 Å². The first-order chi connectivity index (χ1) is 7.72. The lowest BCUT2D eigenvalue weighted by Crippen LogP contribution is -2.39. The lowest BCUT2D eigenvalue weighted by molar-refractivity contribution is -0.222. The van der Waals surface area contributed by atoms with Crippen LogP contribution in [0.1, 0.15) is 19.3 Å². The van der Waals surface area contributed by atoms with Crippen molar-refractivity contribution in [3.63, 3.8) is 0 Å². The highest BCUT2D eigenvalue weighted by molar-refractivity contribution is 4.94. The first-order valence-corrected chi connectivity index (χ1v) is 5.73. The van der Waals surface area contributed by atoms with Crippen LogP contribution in [-0.4, -0.2) is 56.6 Å². The number of hydrogen-bond donors (Lipinski definition) is 1. The molecule has 0 amide bonds. The molecule has 1 saturated carbocycles. The van der Waals surface area contributed by atoms with E-state index in [9.17, 15) is 5.11 Å². The zero-order valence-corrected chi connectivity index (χ0v) is 9.85. The molecular formula is C11H20O5. The molecule has 2 aliphatic rings. The Balaban J connectivity index is 2.04. The van der Waals surface area contributed by atoms with Gasteiger partial charge in [0, 0.05) is 20.6 Å². The molecule has 1 aliphatic carbocycles. The van der Waals surface area contributed by atoms with Gasteiger partial charge >= 0.3 is 0 Å². The lowest BCUT2D eigenvalue weighted by Gasteiger charge is -2.26.